The Bertz CT molecular complexity index is 540. The Kier molecular flexibility index (Phi) is 3.39. The summed E-state index contributed by atoms with van der Waals surface area (Å²) in [4.78, 5) is 19.3. The summed E-state index contributed by atoms with van der Waals surface area (Å²) in [7, 11) is 0. The van der Waals surface area contributed by atoms with E-state index < -0.39 is 5.97 Å². The number of nitrogens with zero attached hydrogens (tertiary/aromatic N) is 2. The van der Waals surface area contributed by atoms with E-state index in [4.69, 9.17) is 5.11 Å². The molecule has 0 unspecified atom stereocenters. The zero-order valence-corrected chi connectivity index (χ0v) is 9.94. The van der Waals surface area contributed by atoms with Gasteiger partial charge in [-0.1, -0.05) is 6.07 Å². The number of carbonyl (C=O) groups is 1. The van der Waals surface area contributed by atoms with Gasteiger partial charge in [0.15, 0.2) is 0 Å². The first-order valence-corrected chi connectivity index (χ1v) is 5.77. The summed E-state index contributed by atoms with van der Waals surface area (Å²) in [5, 5.41) is 10.2. The van der Waals surface area contributed by atoms with Gasteiger partial charge >= 0.3 is 5.97 Å². The van der Waals surface area contributed by atoms with Crippen molar-refractivity contribution in [1.29, 1.82) is 0 Å². The molecule has 0 amide bonds. The second-order valence-electron chi connectivity index (χ2n) is 3.44. The van der Waals surface area contributed by atoms with Crippen LogP contribution in [0.5, 0.6) is 0 Å². The third-order valence-electron chi connectivity index (χ3n) is 2.09. The Balaban J connectivity index is 2.30. The fraction of sp³-hybridized carbons (Fsp3) is 0.0833. The molecular formula is C12H10N2O2S. The molecule has 0 saturated carbocycles. The van der Waals surface area contributed by atoms with Crippen molar-refractivity contribution in [3.63, 3.8) is 0 Å². The zero-order chi connectivity index (χ0) is 12.3. The molecule has 5 heteroatoms. The molecule has 4 nitrogen and oxygen atoms in total. The average molecular weight is 246 g/mol. The molecule has 86 valence electrons. The zero-order valence-electron chi connectivity index (χ0n) is 9.12. The number of pyridine rings is 2. The van der Waals surface area contributed by atoms with E-state index in [9.17, 15) is 4.79 Å². The van der Waals surface area contributed by atoms with Crippen LogP contribution in [-0.2, 0) is 0 Å². The van der Waals surface area contributed by atoms with Crippen LogP contribution in [0, 0.1) is 6.92 Å². The highest BCUT2D eigenvalue weighted by atomic mass is 32.2. The lowest BCUT2D eigenvalue weighted by atomic mass is 10.3. The Morgan fingerprint density at radius 2 is 2.12 bits per heavy atom. The predicted octanol–water partition coefficient (Wildman–Crippen LogP) is 2.63. The van der Waals surface area contributed by atoms with Crippen LogP contribution in [0.1, 0.15) is 15.9 Å². The van der Waals surface area contributed by atoms with Gasteiger partial charge in [0.1, 0.15) is 10.1 Å². The van der Waals surface area contributed by atoms with E-state index in [0.717, 1.165) is 10.6 Å². The molecule has 2 aromatic rings. The van der Waals surface area contributed by atoms with E-state index >= 15 is 0 Å². The second kappa shape index (κ2) is 4.97. The number of hydrogen-bond donors (Lipinski definition) is 1. The van der Waals surface area contributed by atoms with Crippen molar-refractivity contribution in [3.8, 4) is 0 Å². The molecule has 2 heterocycles. The number of hydrogen-bond acceptors (Lipinski definition) is 4. The van der Waals surface area contributed by atoms with Gasteiger partial charge in [-0.2, -0.15) is 0 Å². The third kappa shape index (κ3) is 2.82. The molecule has 2 rings (SSSR count). The maximum atomic E-state index is 11.0. The minimum Gasteiger partial charge on any atom is -0.478 e. The van der Waals surface area contributed by atoms with Gasteiger partial charge in [-0.25, -0.2) is 14.8 Å². The summed E-state index contributed by atoms with van der Waals surface area (Å²) in [6, 6.07) is 6.92. The number of carboxylic acids is 1. The lowest BCUT2D eigenvalue weighted by Gasteiger charge is -2.03. The Labute approximate surface area is 103 Å². The summed E-state index contributed by atoms with van der Waals surface area (Å²) in [5.41, 5.74) is 1.26. The van der Waals surface area contributed by atoms with Crippen LogP contribution in [0.25, 0.3) is 0 Å². The molecule has 0 spiro atoms. The molecule has 0 aliphatic rings. The molecule has 0 atom stereocenters. The van der Waals surface area contributed by atoms with E-state index in [1.54, 1.807) is 18.5 Å². The number of rotatable bonds is 3. The molecule has 17 heavy (non-hydrogen) atoms. The monoisotopic (exact) mass is 246 g/mol. The van der Waals surface area contributed by atoms with Crippen LogP contribution >= 0.6 is 11.8 Å². The van der Waals surface area contributed by atoms with Crippen molar-refractivity contribution in [2.45, 2.75) is 17.0 Å². The van der Waals surface area contributed by atoms with Gasteiger partial charge in [0, 0.05) is 12.4 Å². The Hall–Kier alpha value is -1.88. The molecule has 1 N–H and O–H groups in total. The quantitative estimate of drug-likeness (QED) is 0.902. The van der Waals surface area contributed by atoms with Gasteiger partial charge in [-0.05, 0) is 42.4 Å². The first-order chi connectivity index (χ1) is 8.16. The highest BCUT2D eigenvalue weighted by Crippen LogP contribution is 2.26. The molecular weight excluding hydrogens is 236 g/mol. The first-order valence-electron chi connectivity index (χ1n) is 4.95. The second-order valence-corrected chi connectivity index (χ2v) is 4.45. The highest BCUT2D eigenvalue weighted by molar-refractivity contribution is 7.99. The summed E-state index contributed by atoms with van der Waals surface area (Å²) < 4.78 is 0. The maximum absolute atomic E-state index is 11.0. The topological polar surface area (TPSA) is 63.1 Å². The molecule has 0 saturated heterocycles. The molecule has 0 radical (unpaired) electrons. The van der Waals surface area contributed by atoms with Crippen LogP contribution in [0.15, 0.2) is 46.7 Å². The summed E-state index contributed by atoms with van der Waals surface area (Å²) >= 11 is 1.25. The number of aryl methyl sites for hydroxylation is 1. The van der Waals surface area contributed by atoms with Crippen molar-refractivity contribution >= 4 is 17.7 Å². The van der Waals surface area contributed by atoms with Crippen LogP contribution < -0.4 is 0 Å². The molecule has 0 aliphatic carbocycles. The highest BCUT2D eigenvalue weighted by Gasteiger charge is 2.12. The minimum atomic E-state index is -0.979. The fourth-order valence-electron chi connectivity index (χ4n) is 1.25. The SMILES string of the molecule is Cc1ccc(Sc2ncccc2C(=O)O)nc1. The van der Waals surface area contributed by atoms with Crippen LogP contribution in [-0.4, -0.2) is 21.0 Å². The number of aromatic carboxylic acids is 1. The standard InChI is InChI=1S/C12H10N2O2S/c1-8-4-5-10(14-7-8)17-11-9(12(15)16)3-2-6-13-11/h2-7H,1H3,(H,15,16). The smallest absolute Gasteiger partial charge is 0.338 e. The molecule has 0 aliphatic heterocycles. The van der Waals surface area contributed by atoms with Gasteiger partial charge in [0.25, 0.3) is 0 Å². The number of aromatic nitrogens is 2. The average Bonchev–Trinajstić information content (AvgIpc) is 2.32. The lowest BCUT2D eigenvalue weighted by Crippen LogP contribution is -2.00. The maximum Gasteiger partial charge on any atom is 0.338 e. The summed E-state index contributed by atoms with van der Waals surface area (Å²) in [6.45, 7) is 1.95. The lowest BCUT2D eigenvalue weighted by molar-refractivity contribution is 0.0692. The van der Waals surface area contributed by atoms with Gasteiger partial charge in [-0.3, -0.25) is 0 Å². The summed E-state index contributed by atoms with van der Waals surface area (Å²) in [6.07, 6.45) is 3.31. The molecule has 0 aromatic carbocycles. The van der Waals surface area contributed by atoms with E-state index in [2.05, 4.69) is 9.97 Å². The number of carboxylic acid groups (broad SMARTS) is 1. The van der Waals surface area contributed by atoms with Crippen molar-refractivity contribution in [2.75, 3.05) is 0 Å². The van der Waals surface area contributed by atoms with Gasteiger partial charge in [-0.15, -0.1) is 0 Å². The Morgan fingerprint density at radius 1 is 1.29 bits per heavy atom. The normalized spacial score (nSPS) is 10.2. The van der Waals surface area contributed by atoms with Crippen LogP contribution in [0.4, 0.5) is 0 Å². The first kappa shape index (κ1) is 11.6. The van der Waals surface area contributed by atoms with Crippen LogP contribution in [0.3, 0.4) is 0 Å². The Morgan fingerprint density at radius 3 is 2.76 bits per heavy atom. The fourth-order valence-corrected chi connectivity index (χ4v) is 2.07. The van der Waals surface area contributed by atoms with Crippen molar-refractivity contribution in [2.24, 2.45) is 0 Å². The van der Waals surface area contributed by atoms with Gasteiger partial charge in [0.2, 0.25) is 0 Å². The van der Waals surface area contributed by atoms with Crippen LogP contribution in [0.2, 0.25) is 0 Å². The van der Waals surface area contributed by atoms with Crippen molar-refractivity contribution in [1.82, 2.24) is 9.97 Å². The van der Waals surface area contributed by atoms with Crippen molar-refractivity contribution < 1.29 is 9.90 Å². The van der Waals surface area contributed by atoms with Crippen molar-refractivity contribution in [3.05, 3.63) is 47.8 Å². The van der Waals surface area contributed by atoms with Gasteiger partial charge in [0.05, 0.1) is 5.56 Å². The van der Waals surface area contributed by atoms with Gasteiger partial charge < -0.3 is 5.11 Å². The third-order valence-corrected chi connectivity index (χ3v) is 3.06. The summed E-state index contributed by atoms with van der Waals surface area (Å²) in [5.74, 6) is -0.979. The van der Waals surface area contributed by atoms with E-state index in [1.807, 2.05) is 19.1 Å². The largest absolute Gasteiger partial charge is 0.478 e. The molecule has 0 fully saturated rings. The molecule has 0 bridgehead atoms. The molecule has 2 aromatic heterocycles. The van der Waals surface area contributed by atoms with E-state index in [-0.39, 0.29) is 5.56 Å². The van der Waals surface area contributed by atoms with E-state index in [1.165, 1.54) is 17.8 Å². The van der Waals surface area contributed by atoms with E-state index in [0.29, 0.717) is 5.03 Å². The predicted molar refractivity (Wildman–Crippen MR) is 64.3 cm³/mol. The minimum absolute atomic E-state index is 0.194.